The number of fused-ring (bicyclic) bond motifs is 3. The number of nitrogens with one attached hydrogen (secondary N) is 4. The fourth-order valence-corrected chi connectivity index (χ4v) is 20.7. The van der Waals surface area contributed by atoms with Gasteiger partial charge in [0.05, 0.1) is 198 Å². The lowest BCUT2D eigenvalue weighted by atomic mass is 9.85. The number of rotatable bonds is 64. The number of sulfonamides is 2. The van der Waals surface area contributed by atoms with Crippen LogP contribution >= 0.6 is 69.6 Å². The van der Waals surface area contributed by atoms with Crippen molar-refractivity contribution in [3.05, 3.63) is 189 Å². The number of ether oxygens (including phenoxy) is 13. The van der Waals surface area contributed by atoms with Gasteiger partial charge < -0.3 is 102 Å². The Morgan fingerprint density at radius 2 is 0.621 bits per heavy atom. The Balaban J connectivity index is 0.000000346. The Morgan fingerprint density at radius 3 is 0.945 bits per heavy atom. The van der Waals surface area contributed by atoms with Gasteiger partial charge in [0, 0.05) is 165 Å². The molecule has 0 spiro atoms. The van der Waals surface area contributed by atoms with E-state index in [0.29, 0.717) is 203 Å². The summed E-state index contributed by atoms with van der Waals surface area (Å²) in [6, 6.07) is 31.9. The number of hydroxylamine groups is 4. The number of carbonyl (C=O) groups is 8. The molecular weight excluding hydrogens is 2080 g/mol. The highest BCUT2D eigenvalue weighted by molar-refractivity contribution is 7.91. The summed E-state index contributed by atoms with van der Waals surface area (Å²) in [5, 5.41) is 9.88. The Hall–Kier alpha value is -7.69. The van der Waals surface area contributed by atoms with Gasteiger partial charge >= 0.3 is 11.9 Å². The SMILES string of the molecule is CN1Cc2c(Cl)cc(Cl)cc2C(c2cccc(S(=O)(=O)CCCOCCN)c2)C1.CN1Cc2c(Cl)cc(Cl)cc2C(c2cccc(S(=O)(=O)NCCOCCNC(=O)CCOCCOCCOCCOCCOCCOCCOCCOCCOCCC(=O)NCCOCCNS(=O)(=O)c3cccc(C4CN(C)Cc5c(Cl)cc(Cl)cc54)c3)c2)C1.O=C(CCOCCC(=O)ON1C(=O)CCC1=O)ON1C(=O)CCC1=O. The highest BCUT2D eigenvalue weighted by Gasteiger charge is 2.37. The van der Waals surface area contributed by atoms with E-state index < -0.39 is 65.5 Å². The molecule has 39 nitrogen and oxygen atoms in total. The summed E-state index contributed by atoms with van der Waals surface area (Å²) in [5.74, 6) is -4.47. The smallest absolute Gasteiger partial charge is 0.335 e. The summed E-state index contributed by atoms with van der Waals surface area (Å²) < 4.78 is 154. The van der Waals surface area contributed by atoms with Gasteiger partial charge in [-0.15, -0.1) is 10.1 Å². The molecule has 6 aromatic carbocycles. The molecule has 802 valence electrons. The largest absolute Gasteiger partial charge is 0.380 e. The molecule has 0 saturated carbocycles. The van der Waals surface area contributed by atoms with Crippen LogP contribution in [0.25, 0.3) is 0 Å². The summed E-state index contributed by atoms with van der Waals surface area (Å²) in [6.07, 6.45) is 0.370. The Morgan fingerprint density at radius 1 is 0.345 bits per heavy atom. The van der Waals surface area contributed by atoms with Crippen molar-refractivity contribution in [2.24, 2.45) is 5.73 Å². The summed E-state index contributed by atoms with van der Waals surface area (Å²) >= 11 is 38.4. The predicted octanol–water partition coefficient (Wildman–Crippen LogP) is 8.61. The van der Waals surface area contributed by atoms with Crippen molar-refractivity contribution in [1.29, 1.82) is 0 Å². The lowest BCUT2D eigenvalue weighted by Crippen LogP contribution is -2.32. The predicted molar refractivity (Wildman–Crippen MR) is 539 cm³/mol. The maximum absolute atomic E-state index is 13.1. The summed E-state index contributed by atoms with van der Waals surface area (Å²) in [5.41, 5.74) is 14.1. The zero-order valence-corrected chi connectivity index (χ0v) is 88.5. The van der Waals surface area contributed by atoms with Crippen LogP contribution in [0.4, 0.5) is 0 Å². The van der Waals surface area contributed by atoms with Crippen LogP contribution in [-0.2, 0) is 159 Å². The number of imide groups is 2. The van der Waals surface area contributed by atoms with E-state index in [-0.39, 0.29) is 176 Å². The highest BCUT2D eigenvalue weighted by atomic mass is 35.5. The first-order valence-electron chi connectivity index (χ1n) is 47.6. The average Bonchev–Trinajstić information content (AvgIpc) is 1.74. The average molecular weight is 2210 g/mol. The van der Waals surface area contributed by atoms with E-state index in [9.17, 15) is 63.6 Å². The Labute approximate surface area is 876 Å². The molecule has 0 bridgehead atoms. The molecule has 6 N–H and O–H groups in total. The summed E-state index contributed by atoms with van der Waals surface area (Å²) in [6.45, 7) is 13.5. The molecule has 145 heavy (non-hydrogen) atoms. The van der Waals surface area contributed by atoms with E-state index in [0.717, 1.165) is 63.2 Å². The van der Waals surface area contributed by atoms with Gasteiger partial charge in [-0.25, -0.2) is 44.3 Å². The second-order valence-electron chi connectivity index (χ2n) is 33.8. The van der Waals surface area contributed by atoms with Crippen molar-refractivity contribution in [2.45, 2.75) is 110 Å². The van der Waals surface area contributed by atoms with Crippen molar-refractivity contribution in [1.82, 2.24) is 44.9 Å². The molecule has 0 aromatic heterocycles. The van der Waals surface area contributed by atoms with E-state index in [2.05, 4.69) is 44.5 Å². The fraction of sp³-hybridized carbons (Fsp3) is 0.546. The number of benzene rings is 6. The van der Waals surface area contributed by atoms with Gasteiger partial charge in [0.25, 0.3) is 23.6 Å². The fourth-order valence-electron chi connectivity index (χ4n) is 15.6. The molecule has 0 radical (unpaired) electrons. The minimum atomic E-state index is -3.80. The highest BCUT2D eigenvalue weighted by Crippen LogP contribution is 2.43. The lowest BCUT2D eigenvalue weighted by Gasteiger charge is -2.33. The molecule has 6 amide bonds. The van der Waals surface area contributed by atoms with Crippen LogP contribution in [0, 0.1) is 0 Å². The molecule has 5 heterocycles. The molecule has 5 aliphatic heterocycles. The minimum absolute atomic E-state index is 0.00277. The van der Waals surface area contributed by atoms with E-state index in [1.54, 1.807) is 72.8 Å². The van der Waals surface area contributed by atoms with Gasteiger partial charge in [0.15, 0.2) is 9.84 Å². The van der Waals surface area contributed by atoms with Gasteiger partial charge in [0.1, 0.15) is 0 Å². The molecule has 3 atom stereocenters. The molecule has 48 heteroatoms. The second-order valence-corrected chi connectivity index (χ2v) is 42.0. The van der Waals surface area contributed by atoms with Crippen LogP contribution in [0.15, 0.2) is 124 Å². The van der Waals surface area contributed by atoms with Crippen LogP contribution in [0.1, 0.15) is 126 Å². The number of hydrogen-bond acceptors (Lipinski definition) is 33. The van der Waals surface area contributed by atoms with Crippen LogP contribution in [-0.4, -0.2) is 348 Å². The third-order valence-corrected chi connectivity index (χ3v) is 29.0. The maximum Gasteiger partial charge on any atom is 0.335 e. The summed E-state index contributed by atoms with van der Waals surface area (Å²) in [7, 11) is -4.97. The number of halogens is 6. The van der Waals surface area contributed by atoms with E-state index in [1.165, 1.54) is 0 Å². The molecule has 3 unspecified atom stereocenters. The number of sulfone groups is 1. The van der Waals surface area contributed by atoms with Crippen LogP contribution in [0.3, 0.4) is 0 Å². The van der Waals surface area contributed by atoms with E-state index >= 15 is 0 Å². The standard InChI is InChI=1S/C62H88Cl4N6O17S2.C21H26Cl2N2O3S.C14H16N2O9/c1-71-43-55(53-39-49(63)41-59(65)57(53)45-71)47-5-3-7-51(37-47)90(75,76)69-13-19-81-17-11-67-61(73)9-15-79-21-23-83-25-27-85-29-31-87-33-35-89-36-34-88-32-30-86-28-26-84-24-22-80-16-10-62(74)68-12-18-82-20-14-70-91(77,78)52-8-4-6-48(38-52)56-44-72(2)46-58-54(56)40-50(64)42-60(58)66;1-25-13-19(18-11-16(22)12-21(23)20(18)14-25)15-4-2-5-17(10-15)29(26,27)9-3-7-28-8-6-24;17-9-1-2-10(18)15(9)24-13(21)5-7-23-8-6-14(22)25-16-11(19)3-4-12(16)20/h3-8,37-42,55-56,69-70H,9-36,43-46H2,1-2H3,(H,67,73)(H,68,74);2,4-5,10-12,19H,3,6-9,13-14,24H2,1H3;1-8H2. The number of nitrogens with zero attached hydrogens (tertiary/aromatic N) is 5. The lowest BCUT2D eigenvalue weighted by molar-refractivity contribution is -0.199. The normalized spacial score (nSPS) is 16.1. The molecule has 6 aromatic rings. The minimum Gasteiger partial charge on any atom is -0.380 e. The van der Waals surface area contributed by atoms with Gasteiger partial charge in [-0.05, 0) is 150 Å². The molecule has 2 saturated heterocycles. The number of amides is 6. The van der Waals surface area contributed by atoms with E-state index in [4.69, 9.17) is 137 Å². The van der Waals surface area contributed by atoms with Crippen molar-refractivity contribution >= 4 is 147 Å². The van der Waals surface area contributed by atoms with E-state index in [1.807, 2.05) is 57.5 Å². The van der Waals surface area contributed by atoms with Crippen molar-refractivity contribution in [3.63, 3.8) is 0 Å². The van der Waals surface area contributed by atoms with Gasteiger partial charge in [0.2, 0.25) is 31.9 Å². The number of hydrogen-bond donors (Lipinski definition) is 5. The van der Waals surface area contributed by atoms with Crippen LogP contribution in [0.5, 0.6) is 0 Å². The van der Waals surface area contributed by atoms with Crippen molar-refractivity contribution < 1.29 is 135 Å². The van der Waals surface area contributed by atoms with Crippen molar-refractivity contribution in [3.8, 4) is 0 Å². The topological polar surface area (TPSA) is 468 Å². The van der Waals surface area contributed by atoms with Crippen LogP contribution < -0.4 is 25.8 Å². The molecule has 5 aliphatic rings. The monoisotopic (exact) mass is 2200 g/mol. The van der Waals surface area contributed by atoms with Gasteiger partial charge in [-0.3, -0.25) is 28.8 Å². The second kappa shape index (κ2) is 64.8. The first-order chi connectivity index (χ1) is 69.7. The van der Waals surface area contributed by atoms with Crippen molar-refractivity contribution in [2.75, 3.05) is 251 Å². The molecule has 2 fully saturated rings. The number of likely N-dealkylation sites (N-methyl/N-ethyl adjacent to an activating group) is 3. The molecular formula is C97H130Cl6N10O29S3. The quantitative estimate of drug-likeness (QED) is 0.0176. The zero-order valence-electron chi connectivity index (χ0n) is 81.5. The van der Waals surface area contributed by atoms with Gasteiger partial charge in [-0.2, -0.15) is 0 Å². The zero-order chi connectivity index (χ0) is 105. The number of nitrogens with two attached hydrogens (primary N) is 1. The van der Waals surface area contributed by atoms with Crippen LogP contribution in [0.2, 0.25) is 30.1 Å². The third-order valence-electron chi connectivity index (χ3n) is 22.6. The Bertz CT molecular complexity index is 5260. The Kier molecular flexibility index (Phi) is 54.0. The third kappa shape index (κ3) is 42.6. The number of carbonyl (C=O) groups excluding carboxylic acids is 8. The summed E-state index contributed by atoms with van der Waals surface area (Å²) in [4.78, 5) is 109. The molecule has 11 rings (SSSR count). The first-order valence-corrected chi connectivity index (χ1v) is 54.5. The first kappa shape index (κ1) is 121. The van der Waals surface area contributed by atoms with Gasteiger partial charge in [-0.1, -0.05) is 106 Å². The maximum atomic E-state index is 13.1. The molecule has 0 aliphatic carbocycles.